The molecule has 0 saturated carbocycles. The zero-order chi connectivity index (χ0) is 15.7. The van der Waals surface area contributed by atoms with Crippen LogP contribution in [-0.2, 0) is 6.42 Å². The van der Waals surface area contributed by atoms with E-state index in [2.05, 4.69) is 37.1 Å². The van der Waals surface area contributed by atoms with E-state index in [0.29, 0.717) is 6.54 Å². The topological polar surface area (TPSA) is 50.5 Å². The van der Waals surface area contributed by atoms with Crippen molar-refractivity contribution in [1.82, 2.24) is 10.2 Å². The van der Waals surface area contributed by atoms with Crippen LogP contribution < -0.4 is 15.8 Å². The van der Waals surface area contributed by atoms with Crippen LogP contribution in [0.4, 0.5) is 0 Å². The summed E-state index contributed by atoms with van der Waals surface area (Å²) in [4.78, 5) is 2.41. The predicted octanol–water partition coefficient (Wildman–Crippen LogP) is 1.89. The molecule has 1 rings (SSSR count). The van der Waals surface area contributed by atoms with Crippen LogP contribution in [0.25, 0.3) is 0 Å². The van der Waals surface area contributed by atoms with Crippen molar-refractivity contribution in [2.24, 2.45) is 5.73 Å². The molecule has 120 valence electrons. The first kappa shape index (κ1) is 18.0. The van der Waals surface area contributed by atoms with Crippen molar-refractivity contribution in [2.45, 2.75) is 32.7 Å². The number of hydrogen-bond acceptors (Lipinski definition) is 4. The van der Waals surface area contributed by atoms with Gasteiger partial charge >= 0.3 is 0 Å². The maximum Gasteiger partial charge on any atom is 0.122 e. The molecule has 0 aromatic heterocycles. The van der Waals surface area contributed by atoms with Gasteiger partial charge in [-0.05, 0) is 38.1 Å². The summed E-state index contributed by atoms with van der Waals surface area (Å²) in [5.41, 5.74) is 7.10. The van der Waals surface area contributed by atoms with Crippen LogP contribution in [0.5, 0.6) is 5.75 Å². The van der Waals surface area contributed by atoms with Crippen LogP contribution in [-0.4, -0.2) is 50.3 Å². The lowest BCUT2D eigenvalue weighted by Gasteiger charge is -2.31. The van der Waals surface area contributed by atoms with E-state index in [1.807, 2.05) is 18.2 Å². The Bertz CT molecular complexity index is 407. The van der Waals surface area contributed by atoms with Crippen molar-refractivity contribution in [2.75, 3.05) is 39.8 Å². The summed E-state index contributed by atoms with van der Waals surface area (Å²) >= 11 is 0. The van der Waals surface area contributed by atoms with Gasteiger partial charge in [0, 0.05) is 25.2 Å². The highest BCUT2D eigenvalue weighted by Crippen LogP contribution is 2.22. The Morgan fingerprint density at radius 1 is 1.24 bits per heavy atom. The van der Waals surface area contributed by atoms with E-state index in [1.165, 1.54) is 5.56 Å². The molecule has 0 amide bonds. The zero-order valence-corrected chi connectivity index (χ0v) is 14.0. The van der Waals surface area contributed by atoms with E-state index in [-0.39, 0.29) is 5.54 Å². The highest BCUT2D eigenvalue weighted by atomic mass is 16.5. The number of likely N-dealkylation sites (N-methyl/N-ethyl adjacent to an activating group) is 1. The van der Waals surface area contributed by atoms with Crippen molar-refractivity contribution in [3.63, 3.8) is 0 Å². The van der Waals surface area contributed by atoms with E-state index < -0.39 is 0 Å². The van der Waals surface area contributed by atoms with Gasteiger partial charge in [0.1, 0.15) is 5.75 Å². The monoisotopic (exact) mass is 293 g/mol. The molecule has 0 saturated heterocycles. The molecule has 3 N–H and O–H groups in total. The number of rotatable bonds is 10. The Balaban J connectivity index is 2.63. The minimum absolute atomic E-state index is 0.109. The fraction of sp³-hybridized carbons (Fsp3) is 0.647. The van der Waals surface area contributed by atoms with Gasteiger partial charge in [-0.3, -0.25) is 0 Å². The van der Waals surface area contributed by atoms with E-state index in [1.54, 1.807) is 7.11 Å². The van der Waals surface area contributed by atoms with Crippen LogP contribution in [0.15, 0.2) is 24.3 Å². The second kappa shape index (κ2) is 9.03. The highest BCUT2D eigenvalue weighted by molar-refractivity contribution is 5.34. The summed E-state index contributed by atoms with van der Waals surface area (Å²) in [6, 6.07) is 8.15. The average molecular weight is 293 g/mol. The number of benzene rings is 1. The molecule has 1 aromatic rings. The molecule has 1 unspecified atom stereocenters. The van der Waals surface area contributed by atoms with Crippen LogP contribution >= 0.6 is 0 Å². The van der Waals surface area contributed by atoms with Gasteiger partial charge in [0.2, 0.25) is 0 Å². The van der Waals surface area contributed by atoms with E-state index in [0.717, 1.165) is 38.3 Å². The maximum atomic E-state index is 6.01. The summed E-state index contributed by atoms with van der Waals surface area (Å²) < 4.78 is 5.44. The van der Waals surface area contributed by atoms with Gasteiger partial charge in [-0.15, -0.1) is 0 Å². The first-order chi connectivity index (χ1) is 10.1. The van der Waals surface area contributed by atoms with Crippen molar-refractivity contribution in [3.05, 3.63) is 29.8 Å². The Hall–Kier alpha value is -1.10. The van der Waals surface area contributed by atoms with E-state index >= 15 is 0 Å². The smallest absolute Gasteiger partial charge is 0.122 e. The molecule has 0 fully saturated rings. The second-order valence-corrected chi connectivity index (χ2v) is 5.71. The summed E-state index contributed by atoms with van der Waals surface area (Å²) in [6.45, 7) is 11.3. The fourth-order valence-electron chi connectivity index (χ4n) is 2.53. The van der Waals surface area contributed by atoms with Crippen molar-refractivity contribution < 1.29 is 4.74 Å². The normalized spacial score (nSPS) is 14.2. The lowest BCUT2D eigenvalue weighted by Crippen LogP contribution is -2.52. The van der Waals surface area contributed by atoms with Gasteiger partial charge in [0.15, 0.2) is 0 Å². The molecule has 4 heteroatoms. The fourth-order valence-corrected chi connectivity index (χ4v) is 2.53. The van der Waals surface area contributed by atoms with Gasteiger partial charge < -0.3 is 20.7 Å². The van der Waals surface area contributed by atoms with Gasteiger partial charge in [0.25, 0.3) is 0 Å². The molecule has 1 aromatic carbocycles. The largest absolute Gasteiger partial charge is 0.496 e. The summed E-state index contributed by atoms with van der Waals surface area (Å²) in [7, 11) is 1.71. The Kier molecular flexibility index (Phi) is 7.72. The highest BCUT2D eigenvalue weighted by Gasteiger charge is 2.23. The molecular weight excluding hydrogens is 262 g/mol. The van der Waals surface area contributed by atoms with Crippen LogP contribution in [0.1, 0.15) is 26.3 Å². The van der Waals surface area contributed by atoms with Gasteiger partial charge in [-0.2, -0.15) is 0 Å². The Labute approximate surface area is 129 Å². The molecule has 0 aliphatic rings. The number of nitrogens with two attached hydrogens (primary N) is 1. The van der Waals surface area contributed by atoms with E-state index in [9.17, 15) is 0 Å². The molecule has 0 bridgehead atoms. The Morgan fingerprint density at radius 2 is 1.90 bits per heavy atom. The number of ether oxygens (including phenoxy) is 1. The maximum absolute atomic E-state index is 6.01. The molecule has 0 spiro atoms. The van der Waals surface area contributed by atoms with Gasteiger partial charge in [-0.1, -0.05) is 32.0 Å². The molecule has 1 atom stereocenters. The van der Waals surface area contributed by atoms with Gasteiger partial charge in [0.05, 0.1) is 7.11 Å². The third kappa shape index (κ3) is 5.65. The van der Waals surface area contributed by atoms with Crippen LogP contribution in [0.2, 0.25) is 0 Å². The SMILES string of the molecule is CCN(CC)CCNC(C)(CN)Cc1ccccc1OC. The summed E-state index contributed by atoms with van der Waals surface area (Å²) in [5.74, 6) is 0.933. The number of nitrogens with one attached hydrogen (secondary N) is 1. The quantitative estimate of drug-likeness (QED) is 0.692. The molecule has 0 aliphatic carbocycles. The average Bonchev–Trinajstić information content (AvgIpc) is 2.52. The first-order valence-corrected chi connectivity index (χ1v) is 7.88. The predicted molar refractivity (Wildman–Crippen MR) is 89.9 cm³/mol. The summed E-state index contributed by atoms with van der Waals surface area (Å²) in [6.07, 6.45) is 0.867. The third-order valence-electron chi connectivity index (χ3n) is 4.10. The minimum atomic E-state index is -0.109. The standard InChI is InChI=1S/C17H31N3O/c1-5-20(6-2)12-11-19-17(3,14-18)13-15-9-7-8-10-16(15)21-4/h7-10,19H,5-6,11-14,18H2,1-4H3. The molecule has 0 aliphatic heterocycles. The van der Waals surface area contributed by atoms with Crippen molar-refractivity contribution in [1.29, 1.82) is 0 Å². The zero-order valence-electron chi connectivity index (χ0n) is 14.0. The lowest BCUT2D eigenvalue weighted by molar-refractivity contribution is 0.273. The number of methoxy groups -OCH3 is 1. The first-order valence-electron chi connectivity index (χ1n) is 7.88. The second-order valence-electron chi connectivity index (χ2n) is 5.71. The third-order valence-corrected chi connectivity index (χ3v) is 4.10. The van der Waals surface area contributed by atoms with Crippen molar-refractivity contribution in [3.8, 4) is 5.75 Å². The Morgan fingerprint density at radius 3 is 2.48 bits per heavy atom. The number of hydrogen-bond donors (Lipinski definition) is 2. The minimum Gasteiger partial charge on any atom is -0.496 e. The molecule has 4 nitrogen and oxygen atoms in total. The lowest BCUT2D eigenvalue weighted by atomic mass is 9.92. The molecule has 0 heterocycles. The van der Waals surface area contributed by atoms with Crippen LogP contribution in [0, 0.1) is 0 Å². The van der Waals surface area contributed by atoms with E-state index in [4.69, 9.17) is 10.5 Å². The molecule has 0 radical (unpaired) electrons. The van der Waals surface area contributed by atoms with Gasteiger partial charge in [-0.25, -0.2) is 0 Å². The molecular formula is C17H31N3O. The number of nitrogens with zero attached hydrogens (tertiary/aromatic N) is 1. The summed E-state index contributed by atoms with van der Waals surface area (Å²) in [5, 5.41) is 3.62. The van der Waals surface area contributed by atoms with Crippen LogP contribution in [0.3, 0.4) is 0 Å². The van der Waals surface area contributed by atoms with Crippen molar-refractivity contribution >= 4 is 0 Å². The number of para-hydroxylation sites is 1. The molecule has 21 heavy (non-hydrogen) atoms.